The Bertz CT molecular complexity index is 103. The Morgan fingerprint density at radius 3 is 2.55 bits per heavy atom. The summed E-state index contributed by atoms with van der Waals surface area (Å²) in [7, 11) is 0. The second-order valence-corrected chi connectivity index (χ2v) is 3.28. The molecule has 0 saturated carbocycles. The van der Waals surface area contributed by atoms with Crippen molar-refractivity contribution in [3.63, 3.8) is 0 Å². The average molecular weight is 199 g/mol. The molecule has 0 N–H and O–H groups in total. The summed E-state index contributed by atoms with van der Waals surface area (Å²) in [6, 6.07) is 0. The second-order valence-electron chi connectivity index (χ2n) is 2.67. The Morgan fingerprint density at radius 2 is 2.09 bits per heavy atom. The number of ether oxygens (including phenoxy) is 2. The van der Waals surface area contributed by atoms with Gasteiger partial charge in [0.2, 0.25) is 0 Å². The highest BCUT2D eigenvalue weighted by Crippen LogP contribution is 2.10. The Kier molecular flexibility index (Phi) is 4.53. The third-order valence-corrected chi connectivity index (χ3v) is 2.37. The quantitative estimate of drug-likeness (QED) is 0.477. The first-order valence-corrected chi connectivity index (χ1v) is 4.75. The van der Waals surface area contributed by atoms with Gasteiger partial charge in [0, 0.05) is 17.7 Å². The van der Waals surface area contributed by atoms with Crippen LogP contribution in [0, 0.1) is 5.92 Å². The number of alkyl halides is 2. The lowest BCUT2D eigenvalue weighted by molar-refractivity contribution is 0.0967. The molecule has 66 valence electrons. The average Bonchev–Trinajstić information content (AvgIpc) is 2.82. The van der Waals surface area contributed by atoms with Crippen LogP contribution in [0.2, 0.25) is 0 Å². The van der Waals surface area contributed by atoms with E-state index in [9.17, 15) is 0 Å². The highest BCUT2D eigenvalue weighted by Gasteiger charge is 2.22. The van der Waals surface area contributed by atoms with Crippen LogP contribution in [-0.4, -0.2) is 37.7 Å². The molecule has 0 aliphatic carbocycles. The zero-order chi connectivity index (χ0) is 8.10. The molecule has 0 aromatic heterocycles. The van der Waals surface area contributed by atoms with Gasteiger partial charge in [-0.3, -0.25) is 0 Å². The highest BCUT2D eigenvalue weighted by molar-refractivity contribution is 6.20. The fraction of sp³-hybridized carbons (Fsp3) is 1.00. The second kappa shape index (κ2) is 5.20. The monoisotopic (exact) mass is 198 g/mol. The summed E-state index contributed by atoms with van der Waals surface area (Å²) in [4.78, 5) is 0. The van der Waals surface area contributed by atoms with E-state index >= 15 is 0 Å². The summed E-state index contributed by atoms with van der Waals surface area (Å²) in [5.41, 5.74) is 0. The molecule has 1 heterocycles. The van der Waals surface area contributed by atoms with E-state index in [4.69, 9.17) is 32.7 Å². The van der Waals surface area contributed by atoms with Crippen LogP contribution in [0.15, 0.2) is 0 Å². The highest BCUT2D eigenvalue weighted by atomic mass is 35.5. The lowest BCUT2D eigenvalue weighted by atomic mass is 10.2. The predicted octanol–water partition coefficient (Wildman–Crippen LogP) is 1.50. The molecule has 0 aromatic rings. The van der Waals surface area contributed by atoms with Gasteiger partial charge in [-0.2, -0.15) is 0 Å². The van der Waals surface area contributed by atoms with E-state index in [0.717, 1.165) is 6.61 Å². The number of rotatable bonds is 6. The van der Waals surface area contributed by atoms with Crippen LogP contribution in [0.5, 0.6) is 0 Å². The Morgan fingerprint density at radius 1 is 1.45 bits per heavy atom. The molecule has 0 aromatic carbocycles. The molecule has 1 rings (SSSR count). The van der Waals surface area contributed by atoms with Crippen LogP contribution in [0.25, 0.3) is 0 Å². The van der Waals surface area contributed by atoms with Crippen LogP contribution < -0.4 is 0 Å². The molecule has 1 aliphatic heterocycles. The van der Waals surface area contributed by atoms with Crippen molar-refractivity contribution in [2.45, 2.75) is 6.10 Å². The van der Waals surface area contributed by atoms with Crippen LogP contribution in [0.1, 0.15) is 0 Å². The van der Waals surface area contributed by atoms with Crippen LogP contribution in [0.3, 0.4) is 0 Å². The first-order valence-electron chi connectivity index (χ1n) is 3.68. The summed E-state index contributed by atoms with van der Waals surface area (Å²) in [5.74, 6) is 1.40. The molecule has 0 bridgehead atoms. The number of hydrogen-bond donors (Lipinski definition) is 0. The van der Waals surface area contributed by atoms with Gasteiger partial charge in [0.15, 0.2) is 0 Å². The van der Waals surface area contributed by atoms with Gasteiger partial charge in [0.25, 0.3) is 0 Å². The van der Waals surface area contributed by atoms with Crippen molar-refractivity contribution < 1.29 is 9.47 Å². The van der Waals surface area contributed by atoms with Gasteiger partial charge in [0.05, 0.1) is 19.8 Å². The fourth-order valence-corrected chi connectivity index (χ4v) is 1.17. The van der Waals surface area contributed by atoms with Crippen LogP contribution >= 0.6 is 23.2 Å². The third-order valence-electron chi connectivity index (χ3n) is 1.50. The van der Waals surface area contributed by atoms with Crippen molar-refractivity contribution >= 4 is 23.2 Å². The molecule has 2 nitrogen and oxygen atoms in total. The summed E-state index contributed by atoms with van der Waals surface area (Å²) in [6.07, 6.45) is 0.335. The van der Waals surface area contributed by atoms with E-state index in [0.29, 0.717) is 31.1 Å². The first kappa shape index (κ1) is 9.59. The SMILES string of the molecule is ClCC(CCl)COCC1CO1. The van der Waals surface area contributed by atoms with Gasteiger partial charge in [-0.05, 0) is 0 Å². The van der Waals surface area contributed by atoms with E-state index in [1.165, 1.54) is 0 Å². The van der Waals surface area contributed by atoms with Crippen molar-refractivity contribution in [1.82, 2.24) is 0 Å². The summed E-state index contributed by atoms with van der Waals surface area (Å²) < 4.78 is 10.3. The lowest BCUT2D eigenvalue weighted by Gasteiger charge is -2.09. The molecule has 1 saturated heterocycles. The first-order chi connectivity index (χ1) is 5.36. The topological polar surface area (TPSA) is 21.8 Å². The van der Waals surface area contributed by atoms with Crippen molar-refractivity contribution in [2.75, 3.05) is 31.6 Å². The molecule has 1 unspecified atom stereocenters. The molecule has 1 atom stereocenters. The molecule has 0 amide bonds. The number of hydrogen-bond acceptors (Lipinski definition) is 2. The smallest absolute Gasteiger partial charge is 0.104 e. The van der Waals surface area contributed by atoms with Gasteiger partial charge >= 0.3 is 0 Å². The van der Waals surface area contributed by atoms with E-state index in [1.54, 1.807) is 0 Å². The Labute approximate surface area is 76.8 Å². The zero-order valence-electron chi connectivity index (χ0n) is 6.26. The minimum atomic E-state index is 0.275. The molecule has 0 radical (unpaired) electrons. The molecule has 0 spiro atoms. The maximum Gasteiger partial charge on any atom is 0.104 e. The standard InChI is InChI=1S/C7H12Cl2O2/c8-1-6(2-9)3-10-4-7-5-11-7/h6-7H,1-5H2. The van der Waals surface area contributed by atoms with E-state index in [2.05, 4.69) is 0 Å². The molecule has 1 fully saturated rings. The van der Waals surface area contributed by atoms with Gasteiger partial charge in [-0.25, -0.2) is 0 Å². The van der Waals surface area contributed by atoms with Crippen molar-refractivity contribution in [1.29, 1.82) is 0 Å². The number of epoxide rings is 1. The maximum absolute atomic E-state index is 5.60. The Hall–Kier alpha value is 0.500. The maximum atomic E-state index is 5.60. The normalized spacial score (nSPS) is 22.6. The largest absolute Gasteiger partial charge is 0.378 e. The van der Waals surface area contributed by atoms with Gasteiger partial charge in [0.1, 0.15) is 6.10 Å². The van der Waals surface area contributed by atoms with E-state index in [-0.39, 0.29) is 5.92 Å². The molecule has 11 heavy (non-hydrogen) atoms. The van der Waals surface area contributed by atoms with Crippen LogP contribution in [0.4, 0.5) is 0 Å². The molecule has 1 aliphatic rings. The van der Waals surface area contributed by atoms with E-state index < -0.39 is 0 Å². The van der Waals surface area contributed by atoms with Crippen molar-refractivity contribution in [3.05, 3.63) is 0 Å². The third kappa shape index (κ3) is 4.16. The Balaban J connectivity index is 1.90. The lowest BCUT2D eigenvalue weighted by Crippen LogP contribution is -2.15. The minimum absolute atomic E-state index is 0.275. The minimum Gasteiger partial charge on any atom is -0.378 e. The number of halogens is 2. The van der Waals surface area contributed by atoms with Crippen molar-refractivity contribution in [3.8, 4) is 0 Å². The molecular weight excluding hydrogens is 187 g/mol. The van der Waals surface area contributed by atoms with Gasteiger partial charge < -0.3 is 9.47 Å². The summed E-state index contributed by atoms with van der Waals surface area (Å²) in [6.45, 7) is 2.17. The van der Waals surface area contributed by atoms with Crippen molar-refractivity contribution in [2.24, 2.45) is 5.92 Å². The summed E-state index contributed by atoms with van der Waals surface area (Å²) >= 11 is 11.2. The van der Waals surface area contributed by atoms with Gasteiger partial charge in [-0.1, -0.05) is 0 Å². The van der Waals surface area contributed by atoms with Crippen LogP contribution in [-0.2, 0) is 9.47 Å². The van der Waals surface area contributed by atoms with Gasteiger partial charge in [-0.15, -0.1) is 23.2 Å². The fourth-order valence-electron chi connectivity index (χ4n) is 0.661. The molecular formula is C7H12Cl2O2. The van der Waals surface area contributed by atoms with E-state index in [1.807, 2.05) is 0 Å². The predicted molar refractivity (Wildman–Crippen MR) is 45.5 cm³/mol. The molecule has 4 heteroatoms. The zero-order valence-corrected chi connectivity index (χ0v) is 7.77. The summed E-state index contributed by atoms with van der Waals surface area (Å²) in [5, 5.41) is 0.